The Balaban J connectivity index is 2.06. The lowest BCUT2D eigenvalue weighted by molar-refractivity contribution is -0.122. The number of ether oxygens (including phenoxy) is 1. The summed E-state index contributed by atoms with van der Waals surface area (Å²) in [5, 5.41) is 2.97. The summed E-state index contributed by atoms with van der Waals surface area (Å²) in [4.78, 5) is 14.7. The second kappa shape index (κ2) is 8.83. The summed E-state index contributed by atoms with van der Waals surface area (Å²) in [5.41, 5.74) is 0.736. The summed E-state index contributed by atoms with van der Waals surface area (Å²) < 4.78 is 32.2. The highest BCUT2D eigenvalue weighted by molar-refractivity contribution is 7.89. The SMILES string of the molecule is CCN(CC(=O)NC1CCN(C)CC1)S(=O)(=O)c1ccc(OC)c(C)c1. The number of aryl methyl sites for hydroxylation is 1. The van der Waals surface area contributed by atoms with E-state index < -0.39 is 10.0 Å². The summed E-state index contributed by atoms with van der Waals surface area (Å²) in [5.74, 6) is 0.377. The van der Waals surface area contributed by atoms with Crippen LogP contribution in [0.5, 0.6) is 5.75 Å². The van der Waals surface area contributed by atoms with Crippen LogP contribution in [0.2, 0.25) is 0 Å². The lowest BCUT2D eigenvalue weighted by Crippen LogP contribution is -2.47. The van der Waals surface area contributed by atoms with Crippen molar-refractivity contribution in [3.05, 3.63) is 23.8 Å². The Morgan fingerprint density at radius 2 is 2.00 bits per heavy atom. The zero-order valence-electron chi connectivity index (χ0n) is 16.0. The maximum Gasteiger partial charge on any atom is 0.243 e. The second-order valence-electron chi connectivity index (χ2n) is 6.71. The van der Waals surface area contributed by atoms with Gasteiger partial charge in [0.2, 0.25) is 15.9 Å². The first-order chi connectivity index (χ1) is 12.3. The maximum absolute atomic E-state index is 12.9. The quantitative estimate of drug-likeness (QED) is 0.766. The van der Waals surface area contributed by atoms with Gasteiger partial charge in [0, 0.05) is 12.6 Å². The van der Waals surface area contributed by atoms with Crippen LogP contribution < -0.4 is 10.1 Å². The van der Waals surface area contributed by atoms with Crippen molar-refractivity contribution >= 4 is 15.9 Å². The van der Waals surface area contributed by atoms with E-state index in [4.69, 9.17) is 4.74 Å². The molecule has 0 aromatic heterocycles. The highest BCUT2D eigenvalue weighted by atomic mass is 32.2. The molecule has 0 saturated carbocycles. The number of hydrogen-bond acceptors (Lipinski definition) is 5. The fourth-order valence-corrected chi connectivity index (χ4v) is 4.60. The smallest absolute Gasteiger partial charge is 0.243 e. The number of carbonyl (C=O) groups is 1. The molecule has 1 saturated heterocycles. The maximum atomic E-state index is 12.9. The van der Waals surface area contributed by atoms with E-state index in [2.05, 4.69) is 17.3 Å². The standard InChI is InChI=1S/C18H29N3O4S/c1-5-21(13-18(22)19-15-8-10-20(3)11-9-15)26(23,24)16-6-7-17(25-4)14(2)12-16/h6-7,12,15H,5,8-11,13H2,1-4H3,(H,19,22). The van der Waals surface area contributed by atoms with Crippen molar-refractivity contribution in [2.45, 2.75) is 37.6 Å². The van der Waals surface area contributed by atoms with Crippen LogP contribution in [0.4, 0.5) is 0 Å². The molecule has 7 nitrogen and oxygen atoms in total. The van der Waals surface area contributed by atoms with Crippen LogP contribution in [0, 0.1) is 6.92 Å². The van der Waals surface area contributed by atoms with Crippen LogP contribution in [-0.4, -0.2) is 69.9 Å². The zero-order chi connectivity index (χ0) is 19.3. The summed E-state index contributed by atoms with van der Waals surface area (Å²) in [6.07, 6.45) is 1.78. The average molecular weight is 384 g/mol. The van der Waals surface area contributed by atoms with Crippen LogP contribution in [0.3, 0.4) is 0 Å². The van der Waals surface area contributed by atoms with Crippen molar-refractivity contribution in [2.75, 3.05) is 40.3 Å². The van der Waals surface area contributed by atoms with E-state index in [1.807, 2.05) is 0 Å². The lowest BCUT2D eigenvalue weighted by atomic mass is 10.1. The van der Waals surface area contributed by atoms with E-state index in [9.17, 15) is 13.2 Å². The molecule has 1 amide bonds. The molecule has 1 N–H and O–H groups in total. The van der Waals surface area contributed by atoms with Gasteiger partial charge in [0.1, 0.15) is 5.75 Å². The molecule has 1 heterocycles. The second-order valence-corrected chi connectivity index (χ2v) is 8.65. The number of likely N-dealkylation sites (tertiary alicyclic amines) is 1. The number of likely N-dealkylation sites (N-methyl/N-ethyl adjacent to an activating group) is 1. The Labute approximate surface area is 156 Å². The van der Waals surface area contributed by atoms with Crippen LogP contribution in [0.1, 0.15) is 25.3 Å². The predicted octanol–water partition coefficient (Wildman–Crippen LogP) is 1.22. The van der Waals surface area contributed by atoms with Gasteiger partial charge in [0.05, 0.1) is 18.6 Å². The van der Waals surface area contributed by atoms with Gasteiger partial charge in [0.15, 0.2) is 0 Å². The van der Waals surface area contributed by atoms with Crippen LogP contribution in [0.15, 0.2) is 23.1 Å². The molecule has 1 aromatic carbocycles. The highest BCUT2D eigenvalue weighted by Crippen LogP contribution is 2.23. The van der Waals surface area contributed by atoms with E-state index in [0.717, 1.165) is 31.5 Å². The topological polar surface area (TPSA) is 79.0 Å². The van der Waals surface area contributed by atoms with Gasteiger partial charge in [-0.2, -0.15) is 4.31 Å². The van der Waals surface area contributed by atoms with Gasteiger partial charge in [-0.15, -0.1) is 0 Å². The molecule has 8 heteroatoms. The number of amides is 1. The Bertz CT molecular complexity index is 728. The molecular weight excluding hydrogens is 354 g/mol. The molecule has 0 spiro atoms. The largest absolute Gasteiger partial charge is 0.496 e. The molecular formula is C18H29N3O4S. The average Bonchev–Trinajstić information content (AvgIpc) is 2.61. The van der Waals surface area contributed by atoms with Crippen molar-refractivity contribution in [1.82, 2.24) is 14.5 Å². The van der Waals surface area contributed by atoms with Gasteiger partial charge in [-0.25, -0.2) is 8.42 Å². The van der Waals surface area contributed by atoms with E-state index in [-0.39, 0.29) is 29.9 Å². The third-order valence-corrected chi connectivity index (χ3v) is 6.68. The number of piperidine rings is 1. The minimum absolute atomic E-state index is 0.114. The molecule has 2 rings (SSSR count). The fraction of sp³-hybridized carbons (Fsp3) is 0.611. The van der Waals surface area contributed by atoms with Crippen molar-refractivity contribution in [3.63, 3.8) is 0 Å². The number of nitrogens with one attached hydrogen (secondary N) is 1. The third kappa shape index (κ3) is 4.96. The summed E-state index contributed by atoms with van der Waals surface area (Å²) in [7, 11) is -0.135. The molecule has 146 valence electrons. The molecule has 0 bridgehead atoms. The van der Waals surface area contributed by atoms with Gasteiger partial charge in [-0.1, -0.05) is 6.92 Å². The van der Waals surface area contributed by atoms with Gasteiger partial charge in [-0.3, -0.25) is 4.79 Å². The molecule has 1 fully saturated rings. The number of nitrogens with zero attached hydrogens (tertiary/aromatic N) is 2. The van der Waals surface area contributed by atoms with Crippen molar-refractivity contribution in [2.24, 2.45) is 0 Å². The van der Waals surface area contributed by atoms with E-state index in [1.54, 1.807) is 33.1 Å². The molecule has 0 aliphatic carbocycles. The molecule has 0 radical (unpaired) electrons. The first-order valence-electron chi connectivity index (χ1n) is 8.90. The molecule has 26 heavy (non-hydrogen) atoms. The number of carbonyl (C=O) groups excluding carboxylic acids is 1. The molecule has 0 unspecified atom stereocenters. The normalized spacial score (nSPS) is 16.7. The van der Waals surface area contributed by atoms with Crippen molar-refractivity contribution in [1.29, 1.82) is 0 Å². The van der Waals surface area contributed by atoms with Crippen LogP contribution in [0.25, 0.3) is 0 Å². The lowest BCUT2D eigenvalue weighted by Gasteiger charge is -2.30. The number of benzene rings is 1. The summed E-state index contributed by atoms with van der Waals surface area (Å²) >= 11 is 0. The Morgan fingerprint density at radius 1 is 1.35 bits per heavy atom. The monoisotopic (exact) mass is 383 g/mol. The number of rotatable bonds is 7. The fourth-order valence-electron chi connectivity index (χ4n) is 3.11. The zero-order valence-corrected chi connectivity index (χ0v) is 16.8. The molecule has 0 atom stereocenters. The Kier molecular flexibility index (Phi) is 7.02. The van der Waals surface area contributed by atoms with Gasteiger partial charge < -0.3 is 15.0 Å². The van der Waals surface area contributed by atoms with Crippen molar-refractivity contribution < 1.29 is 17.9 Å². The summed E-state index contributed by atoms with van der Waals surface area (Å²) in [6, 6.07) is 4.84. The van der Waals surface area contributed by atoms with E-state index in [0.29, 0.717) is 5.75 Å². The molecule has 1 aliphatic heterocycles. The predicted molar refractivity (Wildman–Crippen MR) is 101 cm³/mol. The Hall–Kier alpha value is -1.64. The van der Waals surface area contributed by atoms with Crippen LogP contribution >= 0.6 is 0 Å². The third-order valence-electron chi connectivity index (χ3n) is 4.76. The molecule has 1 aromatic rings. The highest BCUT2D eigenvalue weighted by Gasteiger charge is 2.27. The summed E-state index contributed by atoms with van der Waals surface area (Å²) in [6.45, 7) is 5.46. The number of sulfonamides is 1. The van der Waals surface area contributed by atoms with Gasteiger partial charge in [0.25, 0.3) is 0 Å². The molecule has 1 aliphatic rings. The van der Waals surface area contributed by atoms with E-state index in [1.165, 1.54) is 10.4 Å². The van der Waals surface area contributed by atoms with E-state index >= 15 is 0 Å². The van der Waals surface area contributed by atoms with Gasteiger partial charge in [-0.05, 0) is 63.7 Å². The Morgan fingerprint density at radius 3 is 2.54 bits per heavy atom. The number of hydrogen-bond donors (Lipinski definition) is 1. The van der Waals surface area contributed by atoms with Crippen LogP contribution in [-0.2, 0) is 14.8 Å². The minimum Gasteiger partial charge on any atom is -0.496 e. The van der Waals surface area contributed by atoms with Gasteiger partial charge >= 0.3 is 0 Å². The first kappa shape index (κ1) is 20.7. The first-order valence-corrected chi connectivity index (χ1v) is 10.3. The van der Waals surface area contributed by atoms with Crippen molar-refractivity contribution in [3.8, 4) is 5.75 Å². The minimum atomic E-state index is -3.73. The number of methoxy groups -OCH3 is 1.